The molecule has 0 bridgehead atoms. The molecule has 4 heteroatoms. The van der Waals surface area contributed by atoms with Crippen LogP contribution in [0.3, 0.4) is 0 Å². The summed E-state index contributed by atoms with van der Waals surface area (Å²) in [6, 6.07) is 9.36. The molecule has 0 N–H and O–H groups in total. The molecule has 3 nitrogen and oxygen atoms in total. The van der Waals surface area contributed by atoms with Crippen LogP contribution in [0.5, 0.6) is 0 Å². The van der Waals surface area contributed by atoms with E-state index in [1.807, 2.05) is 0 Å². The van der Waals surface area contributed by atoms with E-state index < -0.39 is 0 Å². The third-order valence-corrected chi connectivity index (χ3v) is 7.58. The fourth-order valence-corrected chi connectivity index (χ4v) is 5.81. The van der Waals surface area contributed by atoms with Crippen molar-refractivity contribution in [2.45, 2.75) is 46.4 Å². The SMILES string of the molecule is CCN(CC)c1cc(C)c2c(c1)S(C)=c1cc(N(CC)CC)cc(C)c1=N2. The molecule has 0 aromatic heterocycles. The Morgan fingerprint density at radius 3 is 1.85 bits per heavy atom. The monoisotopic (exact) mass is 383 g/mol. The Balaban J connectivity index is 2.27. The Morgan fingerprint density at radius 1 is 0.778 bits per heavy atom. The minimum atomic E-state index is 0.0307. The largest absolute Gasteiger partial charge is 0.372 e. The first kappa shape index (κ1) is 19.9. The summed E-state index contributed by atoms with van der Waals surface area (Å²) >= 11 is 0. The average molecular weight is 384 g/mol. The maximum Gasteiger partial charge on any atom is 0.0799 e. The zero-order valence-electron chi connectivity index (χ0n) is 17.9. The van der Waals surface area contributed by atoms with Gasteiger partial charge in [-0.15, -0.1) is 10.5 Å². The van der Waals surface area contributed by atoms with Crippen molar-refractivity contribution >= 4 is 27.5 Å². The van der Waals surface area contributed by atoms with Crippen LogP contribution in [0.25, 0.3) is 0 Å². The van der Waals surface area contributed by atoms with Crippen LogP contribution in [0.4, 0.5) is 17.1 Å². The number of hydrogen-bond acceptors (Lipinski definition) is 3. The molecule has 1 heterocycles. The van der Waals surface area contributed by atoms with Crippen LogP contribution in [0, 0.1) is 18.4 Å². The van der Waals surface area contributed by atoms with Crippen molar-refractivity contribution in [2.75, 3.05) is 42.2 Å². The lowest BCUT2D eigenvalue weighted by Crippen LogP contribution is -2.24. The molecule has 1 unspecified atom stereocenters. The first-order chi connectivity index (χ1) is 12.9. The minimum Gasteiger partial charge on any atom is -0.372 e. The maximum absolute atomic E-state index is 5.13. The lowest BCUT2D eigenvalue weighted by atomic mass is 10.1. The Hall–Kier alpha value is -1.81. The molecule has 0 aliphatic carbocycles. The summed E-state index contributed by atoms with van der Waals surface area (Å²) in [4.78, 5) is 11.4. The fraction of sp³-hybridized carbons (Fsp3) is 0.478. The van der Waals surface area contributed by atoms with Gasteiger partial charge in [-0.05, 0) is 83.2 Å². The zero-order valence-corrected chi connectivity index (χ0v) is 18.7. The predicted molar refractivity (Wildman–Crippen MR) is 121 cm³/mol. The van der Waals surface area contributed by atoms with E-state index in [1.54, 1.807) is 0 Å². The van der Waals surface area contributed by atoms with E-state index in [1.165, 1.54) is 43.0 Å². The van der Waals surface area contributed by atoms with Gasteiger partial charge >= 0.3 is 0 Å². The number of hydrogen-bond donors (Lipinski definition) is 0. The van der Waals surface area contributed by atoms with E-state index in [0.717, 1.165) is 26.2 Å². The molecule has 2 aromatic rings. The van der Waals surface area contributed by atoms with Crippen molar-refractivity contribution in [3.8, 4) is 0 Å². The molecule has 2 aromatic carbocycles. The molecule has 3 rings (SSSR count). The van der Waals surface area contributed by atoms with Crippen molar-refractivity contribution in [1.82, 2.24) is 0 Å². The maximum atomic E-state index is 5.13. The van der Waals surface area contributed by atoms with E-state index in [4.69, 9.17) is 4.99 Å². The van der Waals surface area contributed by atoms with Crippen LogP contribution in [-0.4, -0.2) is 32.4 Å². The van der Waals surface area contributed by atoms with Gasteiger partial charge in [0.15, 0.2) is 0 Å². The summed E-state index contributed by atoms with van der Waals surface area (Å²) in [7, 11) is 0.0307. The summed E-state index contributed by atoms with van der Waals surface area (Å²) in [6.07, 6.45) is 2.36. The minimum absolute atomic E-state index is 0.0307. The van der Waals surface area contributed by atoms with Gasteiger partial charge in [-0.2, -0.15) is 0 Å². The van der Waals surface area contributed by atoms with E-state index in [0.29, 0.717) is 0 Å². The van der Waals surface area contributed by atoms with Gasteiger partial charge in [0.1, 0.15) is 0 Å². The Bertz CT molecular complexity index is 970. The van der Waals surface area contributed by atoms with Crippen molar-refractivity contribution in [3.05, 3.63) is 45.3 Å². The molecule has 146 valence electrons. The van der Waals surface area contributed by atoms with E-state index in [2.05, 4.69) is 81.9 Å². The van der Waals surface area contributed by atoms with Crippen molar-refractivity contribution in [1.29, 1.82) is 0 Å². The molecule has 1 aliphatic rings. The molecule has 0 spiro atoms. The van der Waals surface area contributed by atoms with Crippen molar-refractivity contribution in [3.63, 3.8) is 0 Å². The van der Waals surface area contributed by atoms with Crippen molar-refractivity contribution < 1.29 is 0 Å². The number of benzene rings is 2. The molecule has 1 aliphatic heterocycles. The first-order valence-corrected chi connectivity index (χ1v) is 11.7. The topological polar surface area (TPSA) is 18.8 Å². The third kappa shape index (κ3) is 3.52. The number of anilines is 2. The van der Waals surface area contributed by atoms with Crippen LogP contribution in [0.1, 0.15) is 38.8 Å². The first-order valence-electron chi connectivity index (χ1n) is 10.1. The van der Waals surface area contributed by atoms with Gasteiger partial charge in [-0.1, -0.05) is 0 Å². The molecule has 0 fully saturated rings. The molecule has 0 amide bonds. The standard InChI is InChI=1S/C23H33N3S/c1-8-25(9-2)18-12-16(5)22-20(14-18)27(7)21-15-19(26(10-3)11-4)13-17(6)23(21)24-22/h12-15H,8-11H2,1-7H3. The average Bonchev–Trinajstić information content (AvgIpc) is 2.65. The second-order valence-electron chi connectivity index (χ2n) is 7.19. The van der Waals surface area contributed by atoms with Gasteiger partial charge in [0, 0.05) is 47.0 Å². The molecule has 0 saturated carbocycles. The Labute approximate surface area is 166 Å². The van der Waals surface area contributed by atoms with Crippen LogP contribution < -0.4 is 15.2 Å². The highest BCUT2D eigenvalue weighted by Crippen LogP contribution is 2.42. The van der Waals surface area contributed by atoms with Crippen molar-refractivity contribution in [2.24, 2.45) is 4.99 Å². The zero-order chi connectivity index (χ0) is 19.7. The molecular weight excluding hydrogens is 350 g/mol. The summed E-state index contributed by atoms with van der Waals surface area (Å²) in [6.45, 7) is 17.4. The summed E-state index contributed by atoms with van der Waals surface area (Å²) in [5, 5.41) is 1.18. The van der Waals surface area contributed by atoms with E-state index in [-0.39, 0.29) is 10.5 Å². The van der Waals surface area contributed by atoms with Gasteiger partial charge in [0.25, 0.3) is 0 Å². The van der Waals surface area contributed by atoms with Gasteiger partial charge < -0.3 is 9.80 Å². The van der Waals surface area contributed by atoms with Gasteiger partial charge in [-0.3, -0.25) is 0 Å². The molecule has 1 atom stereocenters. The lowest BCUT2D eigenvalue weighted by molar-refractivity contribution is 0.862. The van der Waals surface area contributed by atoms with E-state index in [9.17, 15) is 0 Å². The predicted octanol–water partition coefficient (Wildman–Crippen LogP) is 5.47. The summed E-state index contributed by atoms with van der Waals surface area (Å²) in [5.41, 5.74) is 6.40. The Morgan fingerprint density at radius 2 is 1.30 bits per heavy atom. The third-order valence-electron chi connectivity index (χ3n) is 5.64. The highest BCUT2D eigenvalue weighted by Gasteiger charge is 2.17. The van der Waals surface area contributed by atoms with Gasteiger partial charge in [0.05, 0.1) is 11.0 Å². The fourth-order valence-electron chi connectivity index (χ4n) is 3.98. The van der Waals surface area contributed by atoms with Crippen LogP contribution >= 0.6 is 10.5 Å². The number of nitrogens with zero attached hydrogens (tertiary/aromatic N) is 3. The molecule has 0 saturated heterocycles. The molecular formula is C23H33N3S. The lowest BCUT2D eigenvalue weighted by Gasteiger charge is -2.26. The highest BCUT2D eigenvalue weighted by molar-refractivity contribution is 8.09. The summed E-state index contributed by atoms with van der Waals surface area (Å²) < 4.78 is 1.39. The normalized spacial score (nSPS) is 15.0. The van der Waals surface area contributed by atoms with Gasteiger partial charge in [-0.25, -0.2) is 4.99 Å². The smallest absolute Gasteiger partial charge is 0.0799 e. The molecule has 0 radical (unpaired) electrons. The van der Waals surface area contributed by atoms with Gasteiger partial charge in [0.2, 0.25) is 0 Å². The number of rotatable bonds is 6. The van der Waals surface area contributed by atoms with E-state index >= 15 is 0 Å². The number of fused-ring (bicyclic) bond motifs is 2. The Kier molecular flexibility index (Phi) is 5.95. The number of aryl methyl sites for hydroxylation is 2. The second kappa shape index (κ2) is 8.05. The van der Waals surface area contributed by atoms with Crippen LogP contribution in [-0.2, 0) is 0 Å². The summed E-state index contributed by atoms with van der Waals surface area (Å²) in [5.74, 6) is 0. The highest BCUT2D eigenvalue weighted by atomic mass is 32.2. The van der Waals surface area contributed by atoms with Crippen LogP contribution in [0.15, 0.2) is 34.2 Å². The second-order valence-corrected chi connectivity index (χ2v) is 9.09. The molecule has 27 heavy (non-hydrogen) atoms. The van der Waals surface area contributed by atoms with Crippen LogP contribution in [0.2, 0.25) is 0 Å². The quantitative estimate of drug-likeness (QED) is 0.616.